The van der Waals surface area contributed by atoms with Gasteiger partial charge >= 0.3 is 6.03 Å². The summed E-state index contributed by atoms with van der Waals surface area (Å²) in [7, 11) is 3.15. The van der Waals surface area contributed by atoms with E-state index in [2.05, 4.69) is 19.6 Å². The van der Waals surface area contributed by atoms with E-state index in [1.54, 1.807) is 37.3 Å². The fourth-order valence-corrected chi connectivity index (χ4v) is 4.01. The summed E-state index contributed by atoms with van der Waals surface area (Å²) in [6.45, 7) is 2.64. The molecule has 8 nitrogen and oxygen atoms in total. The van der Waals surface area contributed by atoms with Gasteiger partial charge in [0.15, 0.2) is 17.3 Å². The third-order valence-corrected chi connectivity index (χ3v) is 5.70. The maximum atomic E-state index is 12.7. The molecule has 0 aliphatic carbocycles. The van der Waals surface area contributed by atoms with Crippen LogP contribution in [0.5, 0.6) is 11.5 Å². The Labute approximate surface area is 179 Å². The molecule has 0 bridgehead atoms. The Morgan fingerprint density at radius 1 is 1.00 bits per heavy atom. The number of carbonyl (C=O) groups excluding carboxylic acids is 1. The number of aromatic nitrogens is 2. The van der Waals surface area contributed by atoms with Crippen molar-refractivity contribution in [2.75, 3.05) is 50.6 Å². The van der Waals surface area contributed by atoms with Crippen LogP contribution in [0, 0.1) is 0 Å². The SMILES string of the molecule is COc1ccc(NC(=O)N2CCN(c3nc(-c4ccccc4)ns3)CC2)cc1OC. The highest BCUT2D eigenvalue weighted by Gasteiger charge is 2.23. The van der Waals surface area contributed by atoms with Crippen LogP contribution < -0.4 is 19.7 Å². The van der Waals surface area contributed by atoms with Gasteiger partial charge in [-0.25, -0.2) is 4.79 Å². The molecule has 0 radical (unpaired) electrons. The summed E-state index contributed by atoms with van der Waals surface area (Å²) in [5.41, 5.74) is 1.67. The molecule has 1 N–H and O–H groups in total. The second kappa shape index (κ2) is 9.00. The monoisotopic (exact) mass is 425 g/mol. The van der Waals surface area contributed by atoms with Gasteiger partial charge in [-0.1, -0.05) is 30.3 Å². The molecule has 0 saturated carbocycles. The summed E-state index contributed by atoms with van der Waals surface area (Å²) >= 11 is 1.39. The Morgan fingerprint density at radius 2 is 1.73 bits per heavy atom. The lowest BCUT2D eigenvalue weighted by Gasteiger charge is -2.34. The van der Waals surface area contributed by atoms with E-state index in [4.69, 9.17) is 9.47 Å². The number of methoxy groups -OCH3 is 2. The van der Waals surface area contributed by atoms with Crippen molar-refractivity contribution in [1.29, 1.82) is 0 Å². The van der Waals surface area contributed by atoms with Gasteiger partial charge in [0.25, 0.3) is 0 Å². The molecule has 0 unspecified atom stereocenters. The maximum Gasteiger partial charge on any atom is 0.321 e. The molecule has 156 valence electrons. The van der Waals surface area contributed by atoms with Gasteiger partial charge in [-0.15, -0.1) is 0 Å². The summed E-state index contributed by atoms with van der Waals surface area (Å²) in [6.07, 6.45) is 0. The molecule has 3 aromatic rings. The Morgan fingerprint density at radius 3 is 2.43 bits per heavy atom. The van der Waals surface area contributed by atoms with Crippen molar-refractivity contribution in [3.8, 4) is 22.9 Å². The van der Waals surface area contributed by atoms with Crippen LogP contribution in [0.2, 0.25) is 0 Å². The number of benzene rings is 2. The Balaban J connectivity index is 1.34. The van der Waals surface area contributed by atoms with E-state index in [1.807, 2.05) is 30.3 Å². The molecule has 30 heavy (non-hydrogen) atoms. The minimum Gasteiger partial charge on any atom is -0.493 e. The zero-order chi connectivity index (χ0) is 20.9. The number of piperazine rings is 1. The first-order chi connectivity index (χ1) is 14.7. The second-order valence-electron chi connectivity index (χ2n) is 6.74. The van der Waals surface area contributed by atoms with Crippen LogP contribution in [0.25, 0.3) is 11.4 Å². The number of urea groups is 1. The highest BCUT2D eigenvalue weighted by molar-refractivity contribution is 7.09. The maximum absolute atomic E-state index is 12.7. The van der Waals surface area contributed by atoms with E-state index in [1.165, 1.54) is 11.5 Å². The quantitative estimate of drug-likeness (QED) is 0.673. The minimum absolute atomic E-state index is 0.135. The highest BCUT2D eigenvalue weighted by atomic mass is 32.1. The third kappa shape index (κ3) is 4.30. The molecule has 1 saturated heterocycles. The van der Waals surface area contributed by atoms with Gasteiger partial charge in [0.1, 0.15) is 0 Å². The Bertz CT molecular complexity index is 1000. The summed E-state index contributed by atoms with van der Waals surface area (Å²) < 4.78 is 15.0. The van der Waals surface area contributed by atoms with E-state index in [0.717, 1.165) is 16.5 Å². The van der Waals surface area contributed by atoms with Gasteiger partial charge in [-0.2, -0.15) is 9.36 Å². The lowest BCUT2D eigenvalue weighted by atomic mass is 10.2. The van der Waals surface area contributed by atoms with Crippen LogP contribution in [0.1, 0.15) is 0 Å². The van der Waals surface area contributed by atoms with Crippen molar-refractivity contribution in [1.82, 2.24) is 14.3 Å². The van der Waals surface area contributed by atoms with Crippen LogP contribution >= 0.6 is 11.5 Å². The Kier molecular flexibility index (Phi) is 5.99. The molecule has 1 aliphatic heterocycles. The van der Waals surface area contributed by atoms with E-state index in [-0.39, 0.29) is 6.03 Å². The predicted molar refractivity (Wildman–Crippen MR) is 118 cm³/mol. The van der Waals surface area contributed by atoms with Crippen molar-refractivity contribution in [3.63, 3.8) is 0 Å². The third-order valence-electron chi connectivity index (χ3n) is 4.92. The number of ether oxygens (including phenoxy) is 2. The van der Waals surface area contributed by atoms with Crippen molar-refractivity contribution in [2.24, 2.45) is 0 Å². The predicted octanol–water partition coefficient (Wildman–Crippen LogP) is 3.58. The summed E-state index contributed by atoms with van der Waals surface area (Å²) in [4.78, 5) is 21.3. The molecule has 0 spiro atoms. The average molecular weight is 426 g/mol. The molecule has 1 aliphatic rings. The number of hydrogen-bond acceptors (Lipinski definition) is 7. The first-order valence-corrected chi connectivity index (χ1v) is 10.4. The number of nitrogens with one attached hydrogen (secondary N) is 1. The van der Waals surface area contributed by atoms with Crippen LogP contribution in [-0.4, -0.2) is 60.7 Å². The number of anilines is 2. The molecule has 9 heteroatoms. The molecule has 2 amide bonds. The van der Waals surface area contributed by atoms with Gasteiger partial charge in [0.05, 0.1) is 14.2 Å². The zero-order valence-corrected chi connectivity index (χ0v) is 17.7. The second-order valence-corrected chi connectivity index (χ2v) is 7.47. The van der Waals surface area contributed by atoms with Gasteiger partial charge in [0, 0.05) is 55.0 Å². The summed E-state index contributed by atoms with van der Waals surface area (Å²) in [6, 6.07) is 15.1. The van der Waals surface area contributed by atoms with E-state index in [9.17, 15) is 4.79 Å². The lowest BCUT2D eigenvalue weighted by molar-refractivity contribution is 0.208. The molecule has 1 aromatic heterocycles. The normalized spacial score (nSPS) is 13.8. The molecular formula is C21H23N5O3S. The van der Waals surface area contributed by atoms with Crippen LogP contribution in [0.15, 0.2) is 48.5 Å². The fraction of sp³-hybridized carbons (Fsp3) is 0.286. The topological polar surface area (TPSA) is 79.8 Å². The number of amides is 2. The first-order valence-electron chi connectivity index (χ1n) is 9.60. The fourth-order valence-electron chi connectivity index (χ4n) is 3.27. The van der Waals surface area contributed by atoms with E-state index < -0.39 is 0 Å². The van der Waals surface area contributed by atoms with Gasteiger partial charge in [0.2, 0.25) is 5.13 Å². The van der Waals surface area contributed by atoms with Crippen LogP contribution in [-0.2, 0) is 0 Å². The van der Waals surface area contributed by atoms with Crippen molar-refractivity contribution in [3.05, 3.63) is 48.5 Å². The number of rotatable bonds is 5. The molecule has 1 fully saturated rings. The largest absolute Gasteiger partial charge is 0.493 e. The summed E-state index contributed by atoms with van der Waals surface area (Å²) in [5.74, 6) is 1.94. The standard InChI is InChI=1S/C21H23N5O3S/c1-28-17-9-8-16(14-18(17)29-2)22-20(27)25-10-12-26(13-11-25)21-23-19(24-30-21)15-6-4-3-5-7-15/h3-9,14H,10-13H2,1-2H3,(H,22,27). The smallest absolute Gasteiger partial charge is 0.321 e. The molecule has 2 heterocycles. The van der Waals surface area contributed by atoms with Gasteiger partial charge in [-0.3, -0.25) is 0 Å². The van der Waals surface area contributed by atoms with Crippen LogP contribution in [0.3, 0.4) is 0 Å². The van der Waals surface area contributed by atoms with Gasteiger partial charge in [-0.05, 0) is 12.1 Å². The van der Waals surface area contributed by atoms with Gasteiger partial charge < -0.3 is 24.6 Å². The zero-order valence-electron chi connectivity index (χ0n) is 16.9. The minimum atomic E-state index is -0.135. The lowest BCUT2D eigenvalue weighted by Crippen LogP contribution is -2.50. The molecule has 0 atom stereocenters. The first kappa shape index (κ1) is 20.0. The number of nitrogens with zero attached hydrogens (tertiary/aromatic N) is 4. The number of hydrogen-bond donors (Lipinski definition) is 1. The Hall–Kier alpha value is -3.33. The van der Waals surface area contributed by atoms with Crippen LogP contribution in [0.4, 0.5) is 15.6 Å². The number of carbonyl (C=O) groups is 1. The highest BCUT2D eigenvalue weighted by Crippen LogP contribution is 2.30. The molecule has 4 rings (SSSR count). The van der Waals surface area contributed by atoms with Crippen molar-refractivity contribution in [2.45, 2.75) is 0 Å². The molecular weight excluding hydrogens is 402 g/mol. The van der Waals surface area contributed by atoms with E-state index in [0.29, 0.717) is 43.4 Å². The van der Waals surface area contributed by atoms with Crippen molar-refractivity contribution >= 4 is 28.4 Å². The summed E-state index contributed by atoms with van der Waals surface area (Å²) in [5, 5.41) is 3.81. The molecule has 2 aromatic carbocycles. The average Bonchev–Trinajstić information content (AvgIpc) is 3.30. The van der Waals surface area contributed by atoms with Crippen molar-refractivity contribution < 1.29 is 14.3 Å². The van der Waals surface area contributed by atoms with E-state index >= 15 is 0 Å².